The van der Waals surface area contributed by atoms with Gasteiger partial charge < -0.3 is 107 Å². The second-order valence-corrected chi connectivity index (χ2v) is 24.1. The van der Waals surface area contributed by atoms with Crippen molar-refractivity contribution in [2.45, 2.75) is 262 Å². The highest BCUT2D eigenvalue weighted by Gasteiger charge is 2.53. The Kier molecular flexibility index (Phi) is 21.3. The highest BCUT2D eigenvalue weighted by atomic mass is 16.7. The molecule has 2 aromatic carbocycles. The zero-order chi connectivity index (χ0) is 62.4. The van der Waals surface area contributed by atoms with Crippen molar-refractivity contribution in [3.05, 3.63) is 28.8 Å². The van der Waals surface area contributed by atoms with Gasteiger partial charge in [0.2, 0.25) is 6.29 Å². The first-order valence-electron chi connectivity index (χ1n) is 29.1. The maximum absolute atomic E-state index is 15.2. The first-order valence-corrected chi connectivity index (χ1v) is 29.1. The minimum Gasteiger partial charge on any atom is -0.507 e. The van der Waals surface area contributed by atoms with Crippen LogP contribution in [-0.2, 0) is 82.4 Å². The molecule has 5 fully saturated rings. The number of aliphatic hydroxyl groups excluding tert-OH is 5. The maximum atomic E-state index is 15.2. The van der Waals surface area contributed by atoms with E-state index in [0.29, 0.717) is 0 Å². The molecule has 8 rings (SSSR count). The van der Waals surface area contributed by atoms with Gasteiger partial charge in [-0.15, -0.1) is 0 Å². The molecular weight excluding hydrogens is 1120 g/mol. The monoisotopic (exact) mass is 1210 g/mol. The van der Waals surface area contributed by atoms with Gasteiger partial charge >= 0.3 is 11.9 Å². The molecule has 0 saturated carbocycles. The normalized spacial score (nSPS) is 39.2. The van der Waals surface area contributed by atoms with Crippen LogP contribution in [0.25, 0.3) is 10.8 Å². The Bertz CT molecular complexity index is 2670. The Labute approximate surface area is 493 Å². The number of methoxy groups -OCH3 is 2. The van der Waals surface area contributed by atoms with Crippen molar-refractivity contribution in [2.75, 3.05) is 14.2 Å². The number of esters is 2. The summed E-state index contributed by atoms with van der Waals surface area (Å²) in [5, 5.41) is 90.3. The molecular formula is C59H86O26. The molecule has 5 aliphatic heterocycles. The number of hydrogen-bond acceptors (Lipinski definition) is 26. The lowest BCUT2D eigenvalue weighted by Gasteiger charge is -2.47. The summed E-state index contributed by atoms with van der Waals surface area (Å²) in [4.78, 5) is 54.1. The van der Waals surface area contributed by atoms with E-state index < -0.39 is 194 Å². The van der Waals surface area contributed by atoms with E-state index in [9.17, 15) is 55.2 Å². The van der Waals surface area contributed by atoms with Crippen molar-refractivity contribution >= 4 is 34.3 Å². The summed E-state index contributed by atoms with van der Waals surface area (Å²) in [6.07, 6.45) is -25.8. The molecule has 0 radical (unpaired) electrons. The van der Waals surface area contributed by atoms with Crippen LogP contribution in [0.4, 0.5) is 0 Å². The predicted octanol–water partition coefficient (Wildman–Crippen LogP) is 2.18. The van der Waals surface area contributed by atoms with E-state index in [1.165, 1.54) is 61.0 Å². The van der Waals surface area contributed by atoms with Crippen LogP contribution in [0.15, 0.2) is 12.1 Å². The van der Waals surface area contributed by atoms with Crippen LogP contribution >= 0.6 is 0 Å². The molecule has 8 N–H and O–H groups in total. The van der Waals surface area contributed by atoms with Crippen molar-refractivity contribution in [1.29, 1.82) is 0 Å². The number of carbonyl (C=O) groups is 4. The van der Waals surface area contributed by atoms with Crippen molar-refractivity contribution in [3.8, 4) is 17.2 Å². The number of carbonyl (C=O) groups excluding carboxylic acids is 4. The highest BCUT2D eigenvalue weighted by Crippen LogP contribution is 2.48. The van der Waals surface area contributed by atoms with Crippen LogP contribution in [0.5, 0.6) is 17.2 Å². The van der Waals surface area contributed by atoms with E-state index in [0.717, 1.165) is 0 Å². The van der Waals surface area contributed by atoms with E-state index in [1.54, 1.807) is 41.5 Å². The first kappa shape index (κ1) is 66.6. The topological polar surface area (TPSA) is 359 Å². The molecule has 478 valence electrons. The largest absolute Gasteiger partial charge is 0.507 e. The van der Waals surface area contributed by atoms with Crippen molar-refractivity contribution in [2.24, 2.45) is 11.8 Å². The number of fused-ring (bicyclic) bond motifs is 2. The van der Waals surface area contributed by atoms with Gasteiger partial charge in [0.25, 0.3) is 0 Å². The molecule has 25 atom stereocenters. The SMILES string of the molecule is COC(C(=O)C(O)C(C)O)C1Cc2cc3cc(OC4CC(OC(C)=O)C(OC5CC(O)C(OC)C(C)O5)C(C)O4)c(C)c(O)c3c(O)c2C(=O)C1OC1CC(OC2CC(OC3CC(C)(O)C(OC(=O)C(C)C)C(C)O3)C(O)C(C)O2)C(O)C(C)O1. The fourth-order valence-electron chi connectivity index (χ4n) is 12.5. The molecule has 26 nitrogen and oxygen atoms in total. The number of ether oxygens (including phenoxy) is 14. The van der Waals surface area contributed by atoms with Gasteiger partial charge in [0.1, 0.15) is 71.7 Å². The summed E-state index contributed by atoms with van der Waals surface area (Å²) in [5.74, 6) is -5.70. The fourth-order valence-corrected chi connectivity index (χ4v) is 12.5. The second-order valence-electron chi connectivity index (χ2n) is 24.1. The van der Waals surface area contributed by atoms with E-state index in [2.05, 4.69) is 0 Å². The van der Waals surface area contributed by atoms with Gasteiger partial charge in [0, 0.05) is 64.7 Å². The molecule has 5 heterocycles. The van der Waals surface area contributed by atoms with Gasteiger partial charge in [-0.05, 0) is 84.9 Å². The molecule has 6 aliphatic rings. The van der Waals surface area contributed by atoms with Gasteiger partial charge in [-0.25, -0.2) is 0 Å². The molecule has 0 spiro atoms. The smallest absolute Gasteiger partial charge is 0.308 e. The second kappa shape index (κ2) is 27.2. The number of aliphatic hydroxyl groups is 6. The van der Waals surface area contributed by atoms with Crippen molar-refractivity contribution in [3.63, 3.8) is 0 Å². The standard InChI is InChI=1S/C59H86O26/c1-22(2)58(70)85-57-29(9)78-43(21-59(57,11)71)82-37-18-40(74-25(5)49(37)66)81-36-19-42(75-26(6)48(36)65)84-56-33(55(73-13)52(69)47(64)24(4)60)15-31-14-32-16-35(23(3)46(63)44(32)50(67)45(31)51(56)68)80-41-20-38(79-30(10)61)54(28(8)77-41)83-39-17-34(62)53(72-12)27(7)76-39/h14,16,22,24-29,33-34,36-43,47-49,53-57,60,62-67,71H,15,17-21H2,1-13H3. The lowest BCUT2D eigenvalue weighted by atomic mass is 9.75. The summed E-state index contributed by atoms with van der Waals surface area (Å²) in [5.41, 5.74) is -1.53. The number of phenols is 2. The number of phenolic OH excluding ortho intramolecular Hbond substituents is 2. The van der Waals surface area contributed by atoms with E-state index in [-0.39, 0.29) is 71.7 Å². The quantitative estimate of drug-likeness (QED) is 0.0935. The number of hydrogen-bond donors (Lipinski definition) is 8. The Balaban J connectivity index is 1.02. The van der Waals surface area contributed by atoms with Crippen LogP contribution in [0.3, 0.4) is 0 Å². The number of rotatable bonds is 19. The Hall–Kier alpha value is -4.30. The number of Topliss-reactive ketones (excluding diaryl/α,β-unsaturated/α-hetero) is 2. The molecule has 0 aromatic heterocycles. The highest BCUT2D eigenvalue weighted by molar-refractivity contribution is 6.11. The minimum atomic E-state index is -1.96. The van der Waals surface area contributed by atoms with E-state index in [4.69, 9.17) is 66.3 Å². The van der Waals surface area contributed by atoms with Gasteiger partial charge in [0.05, 0.1) is 71.8 Å². The Morgan fingerprint density at radius 1 is 0.694 bits per heavy atom. The number of aromatic hydroxyl groups is 2. The van der Waals surface area contributed by atoms with Crippen molar-refractivity contribution < 1.29 is 126 Å². The molecule has 1 aliphatic carbocycles. The molecule has 2 aromatic rings. The molecule has 26 heteroatoms. The summed E-state index contributed by atoms with van der Waals surface area (Å²) >= 11 is 0. The third kappa shape index (κ3) is 14.4. The van der Waals surface area contributed by atoms with E-state index in [1.807, 2.05) is 0 Å². The zero-order valence-electron chi connectivity index (χ0n) is 50.3. The van der Waals surface area contributed by atoms with Crippen LogP contribution < -0.4 is 4.74 Å². The Morgan fingerprint density at radius 2 is 1.25 bits per heavy atom. The zero-order valence-corrected chi connectivity index (χ0v) is 50.3. The molecule has 0 amide bonds. The molecule has 5 saturated heterocycles. The summed E-state index contributed by atoms with van der Waals surface area (Å²) in [7, 11) is 2.65. The Morgan fingerprint density at radius 3 is 1.81 bits per heavy atom. The lowest BCUT2D eigenvalue weighted by Crippen LogP contribution is -2.59. The predicted molar refractivity (Wildman–Crippen MR) is 292 cm³/mol. The van der Waals surface area contributed by atoms with Gasteiger partial charge in [-0.2, -0.15) is 0 Å². The van der Waals surface area contributed by atoms with Gasteiger partial charge in [-0.3, -0.25) is 19.2 Å². The number of benzene rings is 2. The fraction of sp³-hybridized carbons (Fsp3) is 0.763. The van der Waals surface area contributed by atoms with Gasteiger partial charge in [0.15, 0.2) is 42.8 Å². The number of ketones is 2. The van der Waals surface area contributed by atoms with Crippen LogP contribution in [0.2, 0.25) is 0 Å². The van der Waals surface area contributed by atoms with Crippen molar-refractivity contribution in [1.82, 2.24) is 0 Å². The summed E-state index contributed by atoms with van der Waals surface area (Å²) in [6.45, 7) is 17.0. The average Bonchev–Trinajstić information content (AvgIpc) is 0.843. The average molecular weight is 1210 g/mol. The summed E-state index contributed by atoms with van der Waals surface area (Å²) < 4.78 is 84.6. The van der Waals surface area contributed by atoms with Crippen LogP contribution in [0, 0.1) is 18.8 Å². The van der Waals surface area contributed by atoms with E-state index >= 15 is 4.79 Å². The lowest BCUT2D eigenvalue weighted by molar-refractivity contribution is -0.334. The maximum Gasteiger partial charge on any atom is 0.308 e. The molecule has 0 bridgehead atoms. The summed E-state index contributed by atoms with van der Waals surface area (Å²) in [6, 6.07) is 3.03. The van der Waals surface area contributed by atoms with Gasteiger partial charge in [-0.1, -0.05) is 13.8 Å². The first-order chi connectivity index (χ1) is 39.9. The molecule has 85 heavy (non-hydrogen) atoms. The molecule has 25 unspecified atom stereocenters. The van der Waals surface area contributed by atoms with Crippen LogP contribution in [0.1, 0.15) is 123 Å². The third-order valence-corrected chi connectivity index (χ3v) is 17.1. The minimum absolute atomic E-state index is 0.0535. The third-order valence-electron chi connectivity index (χ3n) is 17.1. The van der Waals surface area contributed by atoms with Crippen LogP contribution in [-0.4, -0.2) is 225 Å².